The molecular weight excluding hydrogens is 440 g/mol. The van der Waals surface area contributed by atoms with E-state index in [4.69, 9.17) is 16.2 Å². The Hall–Kier alpha value is -2.97. The zero-order chi connectivity index (χ0) is 25.4. The van der Waals surface area contributed by atoms with Gasteiger partial charge in [0.25, 0.3) is 0 Å². The number of unbranched alkanes of at least 4 members (excludes halogenated alkanes) is 9. The molecule has 192 valence electrons. The van der Waals surface area contributed by atoms with E-state index in [2.05, 4.69) is 32.3 Å². The number of nitrogens with one attached hydrogen (secondary N) is 1. The van der Waals surface area contributed by atoms with Crippen LogP contribution in [0.5, 0.6) is 0 Å². The predicted octanol–water partition coefficient (Wildman–Crippen LogP) is 5.10. The highest BCUT2D eigenvalue weighted by Gasteiger charge is 2.26. The summed E-state index contributed by atoms with van der Waals surface area (Å²) >= 11 is 0. The van der Waals surface area contributed by atoms with E-state index in [0.29, 0.717) is 6.42 Å². The summed E-state index contributed by atoms with van der Waals surface area (Å²) < 4.78 is 0. The summed E-state index contributed by atoms with van der Waals surface area (Å²) in [5.74, 6) is -1.86. The SMILES string of the molecule is CCCCCCCCCCCCC(=O)N[C@H](CCC(=O)O)C(=O)N(CCN=[N+]=[N-])CCN=[N+]=[N-]. The summed E-state index contributed by atoms with van der Waals surface area (Å²) in [6.45, 7) is 2.37. The van der Waals surface area contributed by atoms with Crippen molar-refractivity contribution in [2.45, 2.75) is 96.4 Å². The van der Waals surface area contributed by atoms with Gasteiger partial charge < -0.3 is 15.3 Å². The van der Waals surface area contributed by atoms with Crippen molar-refractivity contribution in [3.63, 3.8) is 0 Å². The number of amides is 2. The molecule has 0 saturated heterocycles. The van der Waals surface area contributed by atoms with Crippen LogP contribution in [-0.4, -0.2) is 60.0 Å². The number of azide groups is 2. The normalized spacial score (nSPS) is 11.1. The summed E-state index contributed by atoms with van der Waals surface area (Å²) in [6.07, 6.45) is 11.4. The van der Waals surface area contributed by atoms with Crippen LogP contribution in [0.25, 0.3) is 20.9 Å². The molecule has 0 rings (SSSR count). The molecular formula is C22H40N8O4. The van der Waals surface area contributed by atoms with E-state index >= 15 is 0 Å². The standard InChI is InChI=1S/C22H40N8O4/c1-2-3-4-5-6-7-8-9-10-11-12-20(31)27-19(13-14-21(32)33)22(34)30(17-15-25-28-23)18-16-26-29-24/h19H,2-18H2,1H3,(H,27,31)(H,32,33)/t19-/m1/s1. The van der Waals surface area contributed by atoms with Gasteiger partial charge >= 0.3 is 5.97 Å². The minimum Gasteiger partial charge on any atom is -0.481 e. The third-order valence-electron chi connectivity index (χ3n) is 5.42. The van der Waals surface area contributed by atoms with E-state index in [1.54, 1.807) is 0 Å². The summed E-state index contributed by atoms with van der Waals surface area (Å²) in [6, 6.07) is -1.01. The van der Waals surface area contributed by atoms with Gasteiger partial charge in [-0.05, 0) is 23.9 Å². The quantitative estimate of drug-likeness (QED) is 0.0945. The Morgan fingerprint density at radius 3 is 1.82 bits per heavy atom. The number of carboxylic acid groups (broad SMARTS) is 1. The highest BCUT2D eigenvalue weighted by atomic mass is 16.4. The van der Waals surface area contributed by atoms with Crippen LogP contribution in [0.4, 0.5) is 0 Å². The number of carbonyl (C=O) groups excluding carboxylic acids is 2. The number of rotatable bonds is 22. The van der Waals surface area contributed by atoms with Crippen LogP contribution in [0.2, 0.25) is 0 Å². The van der Waals surface area contributed by atoms with Crippen LogP contribution >= 0.6 is 0 Å². The Morgan fingerprint density at radius 1 is 0.853 bits per heavy atom. The van der Waals surface area contributed by atoms with Gasteiger partial charge in [-0.1, -0.05) is 74.9 Å². The Bertz CT molecular complexity index is 668. The fraction of sp³-hybridized carbons (Fsp3) is 0.864. The van der Waals surface area contributed by atoms with Crippen LogP contribution in [0.3, 0.4) is 0 Å². The Balaban J connectivity index is 4.63. The van der Waals surface area contributed by atoms with Gasteiger partial charge in [0.1, 0.15) is 6.04 Å². The number of nitrogens with zero attached hydrogens (tertiary/aromatic N) is 7. The van der Waals surface area contributed by atoms with Crippen molar-refractivity contribution in [2.75, 3.05) is 26.2 Å². The maximum Gasteiger partial charge on any atom is 0.303 e. The highest BCUT2D eigenvalue weighted by Crippen LogP contribution is 2.12. The lowest BCUT2D eigenvalue weighted by molar-refractivity contribution is -0.139. The van der Waals surface area contributed by atoms with Crippen molar-refractivity contribution in [3.8, 4) is 0 Å². The van der Waals surface area contributed by atoms with Crippen LogP contribution in [-0.2, 0) is 14.4 Å². The van der Waals surface area contributed by atoms with Gasteiger partial charge in [-0.25, -0.2) is 0 Å². The average Bonchev–Trinajstić information content (AvgIpc) is 2.81. The molecule has 2 N–H and O–H groups in total. The topological polar surface area (TPSA) is 184 Å². The first-order valence-electron chi connectivity index (χ1n) is 12.3. The van der Waals surface area contributed by atoms with Gasteiger partial charge in [0.05, 0.1) is 0 Å². The fourth-order valence-electron chi connectivity index (χ4n) is 3.54. The molecule has 0 saturated carbocycles. The van der Waals surface area contributed by atoms with Crippen molar-refractivity contribution >= 4 is 17.8 Å². The molecule has 0 aromatic rings. The van der Waals surface area contributed by atoms with Gasteiger partial charge in [0, 0.05) is 48.8 Å². The van der Waals surface area contributed by atoms with Gasteiger partial charge in [-0.3, -0.25) is 14.4 Å². The number of carboxylic acids is 1. The zero-order valence-corrected chi connectivity index (χ0v) is 20.4. The van der Waals surface area contributed by atoms with Crippen molar-refractivity contribution in [2.24, 2.45) is 10.2 Å². The highest BCUT2D eigenvalue weighted by molar-refractivity contribution is 5.88. The lowest BCUT2D eigenvalue weighted by Gasteiger charge is -2.27. The lowest BCUT2D eigenvalue weighted by atomic mass is 10.1. The second kappa shape index (κ2) is 21.9. The average molecular weight is 481 g/mol. The molecule has 1 atom stereocenters. The van der Waals surface area contributed by atoms with E-state index < -0.39 is 17.9 Å². The van der Waals surface area contributed by atoms with Gasteiger partial charge in [0.15, 0.2) is 0 Å². The number of carbonyl (C=O) groups is 3. The minimum absolute atomic E-state index is 0.0106. The lowest BCUT2D eigenvalue weighted by Crippen LogP contribution is -2.50. The molecule has 0 aliphatic rings. The van der Waals surface area contributed by atoms with E-state index in [1.165, 1.54) is 43.4 Å². The smallest absolute Gasteiger partial charge is 0.303 e. The van der Waals surface area contributed by atoms with E-state index in [0.717, 1.165) is 19.3 Å². The largest absolute Gasteiger partial charge is 0.481 e. The monoisotopic (exact) mass is 480 g/mol. The van der Waals surface area contributed by atoms with Crippen LogP contribution in [0.15, 0.2) is 10.2 Å². The van der Waals surface area contributed by atoms with Crippen LogP contribution in [0, 0.1) is 0 Å². The molecule has 0 spiro atoms. The van der Waals surface area contributed by atoms with Crippen molar-refractivity contribution in [3.05, 3.63) is 20.9 Å². The second-order valence-electron chi connectivity index (χ2n) is 8.22. The summed E-state index contributed by atoms with van der Waals surface area (Å²) in [7, 11) is 0. The van der Waals surface area contributed by atoms with Crippen molar-refractivity contribution in [1.82, 2.24) is 10.2 Å². The maximum atomic E-state index is 13.0. The van der Waals surface area contributed by atoms with E-state index in [9.17, 15) is 14.4 Å². The molecule has 0 aromatic heterocycles. The molecule has 0 heterocycles. The van der Waals surface area contributed by atoms with Crippen LogP contribution in [0.1, 0.15) is 90.4 Å². The van der Waals surface area contributed by atoms with E-state index in [1.807, 2.05) is 0 Å². The molecule has 34 heavy (non-hydrogen) atoms. The third-order valence-corrected chi connectivity index (χ3v) is 5.42. The number of aliphatic carboxylic acids is 1. The summed E-state index contributed by atoms with van der Waals surface area (Å²) in [5.41, 5.74) is 16.9. The first-order chi connectivity index (χ1) is 16.5. The molecule has 0 aliphatic heterocycles. The Labute approximate surface area is 201 Å². The van der Waals surface area contributed by atoms with Crippen LogP contribution < -0.4 is 5.32 Å². The molecule has 0 fully saturated rings. The summed E-state index contributed by atoms with van der Waals surface area (Å²) in [5, 5.41) is 18.5. The Kier molecular flexibility index (Phi) is 19.9. The van der Waals surface area contributed by atoms with Gasteiger partial charge in [-0.15, -0.1) is 0 Å². The Morgan fingerprint density at radius 2 is 1.35 bits per heavy atom. The van der Waals surface area contributed by atoms with Gasteiger partial charge in [-0.2, -0.15) is 0 Å². The van der Waals surface area contributed by atoms with Crippen molar-refractivity contribution in [1.29, 1.82) is 0 Å². The first kappa shape index (κ1) is 31.0. The first-order valence-corrected chi connectivity index (χ1v) is 12.3. The maximum absolute atomic E-state index is 13.0. The number of hydrogen-bond donors (Lipinski definition) is 2. The molecule has 0 unspecified atom stereocenters. The molecule has 0 aliphatic carbocycles. The van der Waals surface area contributed by atoms with E-state index in [-0.39, 0.29) is 51.3 Å². The predicted molar refractivity (Wildman–Crippen MR) is 130 cm³/mol. The third kappa shape index (κ3) is 17.6. The molecule has 0 bridgehead atoms. The van der Waals surface area contributed by atoms with Crippen molar-refractivity contribution < 1.29 is 19.5 Å². The fourth-order valence-corrected chi connectivity index (χ4v) is 3.54. The molecule has 12 heteroatoms. The molecule has 0 aromatic carbocycles. The minimum atomic E-state index is -1.07. The second-order valence-corrected chi connectivity index (χ2v) is 8.22. The number of hydrogen-bond acceptors (Lipinski definition) is 5. The molecule has 0 radical (unpaired) electrons. The van der Waals surface area contributed by atoms with Gasteiger partial charge in [0.2, 0.25) is 11.8 Å². The summed E-state index contributed by atoms with van der Waals surface area (Å²) in [4.78, 5) is 43.0. The molecule has 12 nitrogen and oxygen atoms in total. The molecule has 2 amide bonds. The zero-order valence-electron chi connectivity index (χ0n) is 20.4.